The second kappa shape index (κ2) is 7.31. The SMILES string of the molecule is Cc1cc(C(=O)NCc2ccco2)nc(Nc2ccc(F)c(Cl)c2)n1. The van der Waals surface area contributed by atoms with Gasteiger partial charge in [0.1, 0.15) is 17.3 Å². The average Bonchev–Trinajstić information content (AvgIpc) is 3.09. The first-order chi connectivity index (χ1) is 12.0. The van der Waals surface area contributed by atoms with Crippen LogP contribution in [0.15, 0.2) is 47.1 Å². The van der Waals surface area contributed by atoms with E-state index in [4.69, 9.17) is 16.0 Å². The first-order valence-electron chi connectivity index (χ1n) is 7.39. The zero-order valence-electron chi connectivity index (χ0n) is 13.2. The van der Waals surface area contributed by atoms with E-state index in [0.29, 0.717) is 17.1 Å². The Morgan fingerprint density at radius 1 is 1.28 bits per heavy atom. The number of halogens is 2. The number of benzene rings is 1. The van der Waals surface area contributed by atoms with E-state index in [2.05, 4.69) is 20.6 Å². The van der Waals surface area contributed by atoms with Crippen LogP contribution in [-0.4, -0.2) is 15.9 Å². The van der Waals surface area contributed by atoms with Crippen molar-refractivity contribution in [2.45, 2.75) is 13.5 Å². The number of aromatic nitrogens is 2. The number of carbonyl (C=O) groups is 1. The molecule has 0 unspecified atom stereocenters. The molecule has 1 aromatic carbocycles. The number of hydrogen-bond donors (Lipinski definition) is 2. The predicted molar refractivity (Wildman–Crippen MR) is 91.3 cm³/mol. The number of amides is 1. The Kier molecular flexibility index (Phi) is 4.95. The fourth-order valence-electron chi connectivity index (χ4n) is 2.11. The lowest BCUT2D eigenvalue weighted by atomic mass is 10.3. The Balaban J connectivity index is 1.75. The third kappa shape index (κ3) is 4.33. The molecular formula is C17H14ClFN4O2. The van der Waals surface area contributed by atoms with Crippen LogP contribution < -0.4 is 10.6 Å². The highest BCUT2D eigenvalue weighted by molar-refractivity contribution is 6.31. The third-order valence-electron chi connectivity index (χ3n) is 3.27. The molecule has 0 aliphatic heterocycles. The molecule has 128 valence electrons. The number of rotatable bonds is 5. The van der Waals surface area contributed by atoms with Crippen molar-refractivity contribution in [3.05, 3.63) is 70.6 Å². The predicted octanol–water partition coefficient (Wildman–Crippen LogP) is 3.84. The van der Waals surface area contributed by atoms with Crippen molar-refractivity contribution in [3.63, 3.8) is 0 Å². The molecule has 0 bridgehead atoms. The third-order valence-corrected chi connectivity index (χ3v) is 3.56. The number of nitrogens with zero attached hydrogens (tertiary/aromatic N) is 2. The molecule has 0 saturated carbocycles. The maximum atomic E-state index is 13.2. The number of hydrogen-bond acceptors (Lipinski definition) is 5. The van der Waals surface area contributed by atoms with E-state index in [9.17, 15) is 9.18 Å². The van der Waals surface area contributed by atoms with E-state index in [1.807, 2.05) is 0 Å². The first-order valence-corrected chi connectivity index (χ1v) is 7.77. The normalized spacial score (nSPS) is 10.5. The van der Waals surface area contributed by atoms with Crippen molar-refractivity contribution in [3.8, 4) is 0 Å². The quantitative estimate of drug-likeness (QED) is 0.722. The lowest BCUT2D eigenvalue weighted by molar-refractivity contribution is 0.0943. The first kappa shape index (κ1) is 16.9. The Bertz CT molecular complexity index is 900. The summed E-state index contributed by atoms with van der Waals surface area (Å²) in [6.07, 6.45) is 1.53. The summed E-state index contributed by atoms with van der Waals surface area (Å²) in [7, 11) is 0. The summed E-state index contributed by atoms with van der Waals surface area (Å²) in [6.45, 7) is 2.00. The highest BCUT2D eigenvalue weighted by Crippen LogP contribution is 2.21. The molecule has 2 heterocycles. The molecular weight excluding hydrogens is 347 g/mol. The number of carbonyl (C=O) groups excluding carboxylic acids is 1. The molecule has 1 amide bonds. The van der Waals surface area contributed by atoms with Crippen molar-refractivity contribution in [1.82, 2.24) is 15.3 Å². The van der Waals surface area contributed by atoms with Crippen molar-refractivity contribution >= 4 is 29.1 Å². The molecule has 0 fully saturated rings. The molecule has 6 nitrogen and oxygen atoms in total. The second-order valence-corrected chi connectivity index (χ2v) is 5.64. The molecule has 0 aliphatic carbocycles. The van der Waals surface area contributed by atoms with E-state index in [-0.39, 0.29) is 29.1 Å². The molecule has 0 saturated heterocycles. The van der Waals surface area contributed by atoms with Gasteiger partial charge in [-0.3, -0.25) is 4.79 Å². The molecule has 0 radical (unpaired) electrons. The van der Waals surface area contributed by atoms with Crippen LogP contribution in [0.2, 0.25) is 5.02 Å². The lowest BCUT2D eigenvalue weighted by Crippen LogP contribution is -2.24. The van der Waals surface area contributed by atoms with Gasteiger partial charge in [0.2, 0.25) is 5.95 Å². The zero-order valence-corrected chi connectivity index (χ0v) is 14.0. The summed E-state index contributed by atoms with van der Waals surface area (Å²) in [6, 6.07) is 9.23. The maximum absolute atomic E-state index is 13.2. The summed E-state index contributed by atoms with van der Waals surface area (Å²) in [5, 5.41) is 5.60. The summed E-state index contributed by atoms with van der Waals surface area (Å²) in [5.41, 5.74) is 1.32. The average molecular weight is 361 g/mol. The molecule has 0 aliphatic rings. The Morgan fingerprint density at radius 2 is 2.12 bits per heavy atom. The summed E-state index contributed by atoms with van der Waals surface area (Å²) < 4.78 is 18.4. The van der Waals surface area contributed by atoms with Crippen LogP contribution in [0.5, 0.6) is 0 Å². The van der Waals surface area contributed by atoms with E-state index in [1.165, 1.54) is 24.5 Å². The fraction of sp³-hybridized carbons (Fsp3) is 0.118. The number of aryl methyl sites for hydroxylation is 1. The van der Waals surface area contributed by atoms with Crippen molar-refractivity contribution in [2.75, 3.05) is 5.32 Å². The van der Waals surface area contributed by atoms with Gasteiger partial charge in [-0.1, -0.05) is 11.6 Å². The van der Waals surface area contributed by atoms with Gasteiger partial charge in [0.05, 0.1) is 17.8 Å². The van der Waals surface area contributed by atoms with Gasteiger partial charge in [-0.25, -0.2) is 14.4 Å². The van der Waals surface area contributed by atoms with E-state index < -0.39 is 5.82 Å². The minimum Gasteiger partial charge on any atom is -0.467 e. The number of anilines is 2. The monoisotopic (exact) mass is 360 g/mol. The highest BCUT2D eigenvalue weighted by atomic mass is 35.5. The van der Waals surface area contributed by atoms with Crippen LogP contribution in [0.4, 0.5) is 16.0 Å². The number of nitrogens with one attached hydrogen (secondary N) is 2. The standard InChI is InChI=1S/C17H14ClFN4O2/c1-10-7-15(16(24)20-9-12-3-2-6-25-12)23-17(21-10)22-11-4-5-14(19)13(18)8-11/h2-8H,9H2,1H3,(H,20,24)(H,21,22,23). The summed E-state index contributed by atoms with van der Waals surface area (Å²) in [4.78, 5) is 20.6. The molecule has 2 N–H and O–H groups in total. The van der Waals surface area contributed by atoms with Gasteiger partial charge in [0.15, 0.2) is 0 Å². The van der Waals surface area contributed by atoms with Gasteiger partial charge in [-0.15, -0.1) is 0 Å². The molecule has 8 heteroatoms. The van der Waals surface area contributed by atoms with E-state index >= 15 is 0 Å². The zero-order chi connectivity index (χ0) is 17.8. The van der Waals surface area contributed by atoms with Crippen LogP contribution >= 0.6 is 11.6 Å². The Labute approximate surface area is 148 Å². The van der Waals surface area contributed by atoms with Crippen LogP contribution in [0.1, 0.15) is 21.9 Å². The highest BCUT2D eigenvalue weighted by Gasteiger charge is 2.12. The number of furan rings is 1. The van der Waals surface area contributed by atoms with Gasteiger partial charge in [-0.2, -0.15) is 0 Å². The van der Waals surface area contributed by atoms with Crippen molar-refractivity contribution in [1.29, 1.82) is 0 Å². The van der Waals surface area contributed by atoms with Crippen molar-refractivity contribution < 1.29 is 13.6 Å². The van der Waals surface area contributed by atoms with Crippen LogP contribution in [0.25, 0.3) is 0 Å². The second-order valence-electron chi connectivity index (χ2n) is 5.23. The van der Waals surface area contributed by atoms with E-state index in [0.717, 1.165) is 0 Å². The Morgan fingerprint density at radius 3 is 2.84 bits per heavy atom. The van der Waals surface area contributed by atoms with Gasteiger partial charge in [0.25, 0.3) is 5.91 Å². The molecule has 25 heavy (non-hydrogen) atoms. The van der Waals surface area contributed by atoms with Gasteiger partial charge in [0, 0.05) is 11.4 Å². The summed E-state index contributed by atoms with van der Waals surface area (Å²) >= 11 is 5.75. The van der Waals surface area contributed by atoms with Gasteiger partial charge in [-0.05, 0) is 43.3 Å². The summed E-state index contributed by atoms with van der Waals surface area (Å²) in [5.74, 6) is -0.0262. The topological polar surface area (TPSA) is 80.0 Å². The molecule has 0 spiro atoms. The van der Waals surface area contributed by atoms with Crippen LogP contribution in [0.3, 0.4) is 0 Å². The van der Waals surface area contributed by atoms with Crippen LogP contribution in [0, 0.1) is 12.7 Å². The van der Waals surface area contributed by atoms with Gasteiger partial charge < -0.3 is 15.1 Å². The van der Waals surface area contributed by atoms with Gasteiger partial charge >= 0.3 is 0 Å². The Hall–Kier alpha value is -2.93. The largest absolute Gasteiger partial charge is 0.467 e. The fourth-order valence-corrected chi connectivity index (χ4v) is 2.30. The minimum atomic E-state index is -0.518. The van der Waals surface area contributed by atoms with E-state index in [1.54, 1.807) is 25.1 Å². The molecule has 0 atom stereocenters. The minimum absolute atomic E-state index is 0.0194. The maximum Gasteiger partial charge on any atom is 0.270 e. The lowest BCUT2D eigenvalue weighted by Gasteiger charge is -2.09. The van der Waals surface area contributed by atoms with Crippen molar-refractivity contribution in [2.24, 2.45) is 0 Å². The smallest absolute Gasteiger partial charge is 0.270 e. The van der Waals surface area contributed by atoms with Crippen LogP contribution in [-0.2, 0) is 6.54 Å². The molecule has 2 aromatic heterocycles. The molecule has 3 aromatic rings. The molecule has 3 rings (SSSR count).